The number of sulfonamides is 1. The van der Waals surface area contributed by atoms with E-state index in [1.54, 1.807) is 28.6 Å². The Kier molecular flexibility index (Phi) is 9.68. The summed E-state index contributed by atoms with van der Waals surface area (Å²) in [5.74, 6) is 2.18. The molecule has 2 aliphatic rings. The molecular formula is C21H35IN4O2S. The molecule has 0 bridgehead atoms. The number of nitrogens with one attached hydrogen (secondary N) is 1. The number of nitrogens with zero attached hydrogens (tertiary/aromatic N) is 3. The number of likely N-dealkylation sites (tertiary alicyclic amines) is 1. The second-order valence-corrected chi connectivity index (χ2v) is 9.99. The summed E-state index contributed by atoms with van der Waals surface area (Å²) in [5, 5.41) is 3.44. The lowest BCUT2D eigenvalue weighted by Crippen LogP contribution is -2.46. The third-order valence-electron chi connectivity index (χ3n) is 5.75. The topological polar surface area (TPSA) is 65.0 Å². The lowest BCUT2D eigenvalue weighted by atomic mass is 9.98. The Morgan fingerprint density at radius 1 is 1.14 bits per heavy atom. The van der Waals surface area contributed by atoms with Crippen molar-refractivity contribution in [1.82, 2.24) is 14.5 Å². The number of benzene rings is 1. The zero-order valence-electron chi connectivity index (χ0n) is 17.6. The molecule has 164 valence electrons. The number of aliphatic imine (C=N–C) groups is 1. The predicted octanol–water partition coefficient (Wildman–Crippen LogP) is 3.40. The number of piperidine rings is 2. The fourth-order valence-corrected chi connectivity index (χ4v) is 5.59. The summed E-state index contributed by atoms with van der Waals surface area (Å²) >= 11 is 0. The van der Waals surface area contributed by atoms with Gasteiger partial charge in [-0.15, -0.1) is 24.0 Å². The highest BCUT2D eigenvalue weighted by atomic mass is 127. The molecule has 2 heterocycles. The number of rotatable bonds is 5. The molecule has 2 aliphatic heterocycles. The normalized spacial score (nSPS) is 22.2. The molecule has 0 radical (unpaired) electrons. The zero-order chi connectivity index (χ0) is 20.0. The van der Waals surface area contributed by atoms with Crippen LogP contribution in [0, 0.1) is 11.8 Å². The molecule has 0 aliphatic carbocycles. The van der Waals surface area contributed by atoms with Crippen LogP contribution in [0.15, 0.2) is 40.2 Å². The number of halogens is 1. The van der Waals surface area contributed by atoms with E-state index in [1.165, 1.54) is 12.8 Å². The van der Waals surface area contributed by atoms with Crippen molar-refractivity contribution >= 4 is 40.0 Å². The van der Waals surface area contributed by atoms with E-state index in [0.29, 0.717) is 29.8 Å². The van der Waals surface area contributed by atoms with E-state index in [1.807, 2.05) is 6.07 Å². The molecule has 1 atom stereocenters. The largest absolute Gasteiger partial charge is 0.357 e. The van der Waals surface area contributed by atoms with Crippen molar-refractivity contribution in [3.8, 4) is 0 Å². The van der Waals surface area contributed by atoms with E-state index in [-0.39, 0.29) is 24.0 Å². The van der Waals surface area contributed by atoms with Crippen LogP contribution in [0.5, 0.6) is 0 Å². The molecule has 0 spiro atoms. The van der Waals surface area contributed by atoms with Crippen LogP contribution in [-0.2, 0) is 10.0 Å². The average Bonchev–Trinajstić information content (AvgIpc) is 2.72. The van der Waals surface area contributed by atoms with Gasteiger partial charge >= 0.3 is 0 Å². The first-order valence-electron chi connectivity index (χ1n) is 10.6. The molecule has 6 nitrogen and oxygen atoms in total. The fraction of sp³-hybridized carbons (Fsp3) is 0.667. The minimum atomic E-state index is -3.37. The van der Waals surface area contributed by atoms with Crippen molar-refractivity contribution in [1.29, 1.82) is 0 Å². The van der Waals surface area contributed by atoms with Crippen molar-refractivity contribution in [2.75, 3.05) is 39.3 Å². The second kappa shape index (κ2) is 11.5. The first kappa shape index (κ1) is 24.4. The molecule has 1 aromatic rings. The maximum absolute atomic E-state index is 12.8. The summed E-state index contributed by atoms with van der Waals surface area (Å²) in [7, 11) is -3.37. The molecule has 1 aromatic carbocycles. The van der Waals surface area contributed by atoms with Crippen LogP contribution in [0.1, 0.15) is 39.5 Å². The van der Waals surface area contributed by atoms with E-state index < -0.39 is 10.0 Å². The van der Waals surface area contributed by atoms with Gasteiger partial charge in [0.15, 0.2) is 5.96 Å². The van der Waals surface area contributed by atoms with Crippen LogP contribution in [-0.4, -0.2) is 62.9 Å². The van der Waals surface area contributed by atoms with Crippen LogP contribution < -0.4 is 5.32 Å². The highest BCUT2D eigenvalue weighted by molar-refractivity contribution is 14.0. The Hall–Kier alpha value is -0.870. The van der Waals surface area contributed by atoms with Crippen LogP contribution >= 0.6 is 24.0 Å². The van der Waals surface area contributed by atoms with Gasteiger partial charge in [0.05, 0.1) is 4.90 Å². The lowest BCUT2D eigenvalue weighted by molar-refractivity contribution is 0.261. The Morgan fingerprint density at radius 2 is 1.83 bits per heavy atom. The highest BCUT2D eigenvalue weighted by Crippen LogP contribution is 2.24. The first-order chi connectivity index (χ1) is 13.5. The molecule has 8 heteroatoms. The van der Waals surface area contributed by atoms with Gasteiger partial charge in [0.1, 0.15) is 0 Å². The summed E-state index contributed by atoms with van der Waals surface area (Å²) in [4.78, 5) is 7.67. The molecule has 1 unspecified atom stereocenters. The van der Waals surface area contributed by atoms with Crippen molar-refractivity contribution < 1.29 is 8.42 Å². The van der Waals surface area contributed by atoms with Gasteiger partial charge in [-0.05, 0) is 56.6 Å². The van der Waals surface area contributed by atoms with Crippen LogP contribution in [0.4, 0.5) is 0 Å². The summed E-state index contributed by atoms with van der Waals surface area (Å²) in [6, 6.07) is 8.74. The molecule has 1 N–H and O–H groups in total. The number of hydrogen-bond donors (Lipinski definition) is 1. The van der Waals surface area contributed by atoms with Crippen molar-refractivity contribution in [3.63, 3.8) is 0 Å². The molecule has 2 fully saturated rings. The maximum atomic E-state index is 12.8. The molecule has 2 saturated heterocycles. The Balaban J connectivity index is 0.00000300. The van der Waals surface area contributed by atoms with Crippen LogP contribution in [0.25, 0.3) is 0 Å². The summed E-state index contributed by atoms with van der Waals surface area (Å²) in [6.07, 6.45) is 4.25. The lowest BCUT2D eigenvalue weighted by Gasteiger charge is -2.34. The molecule has 0 saturated carbocycles. The van der Waals surface area contributed by atoms with E-state index in [2.05, 4.69) is 24.1 Å². The van der Waals surface area contributed by atoms with Gasteiger partial charge < -0.3 is 10.2 Å². The quantitative estimate of drug-likeness (QED) is 0.358. The monoisotopic (exact) mass is 534 g/mol. The van der Waals surface area contributed by atoms with Crippen molar-refractivity contribution in [2.24, 2.45) is 16.8 Å². The predicted molar refractivity (Wildman–Crippen MR) is 129 cm³/mol. The summed E-state index contributed by atoms with van der Waals surface area (Å²) < 4.78 is 27.2. The molecular weight excluding hydrogens is 499 g/mol. The Labute approximate surface area is 193 Å². The van der Waals surface area contributed by atoms with E-state index in [9.17, 15) is 8.42 Å². The third kappa shape index (κ3) is 6.55. The minimum absolute atomic E-state index is 0. The molecule has 0 aromatic heterocycles. The van der Waals surface area contributed by atoms with Gasteiger partial charge in [0, 0.05) is 39.3 Å². The Morgan fingerprint density at radius 3 is 2.45 bits per heavy atom. The van der Waals surface area contributed by atoms with Gasteiger partial charge in [0.25, 0.3) is 0 Å². The maximum Gasteiger partial charge on any atom is 0.243 e. The third-order valence-corrected chi connectivity index (χ3v) is 7.66. The Bertz CT molecular complexity index is 749. The van der Waals surface area contributed by atoms with Gasteiger partial charge in [0.2, 0.25) is 10.0 Å². The summed E-state index contributed by atoms with van der Waals surface area (Å²) in [5.41, 5.74) is 0. The van der Waals surface area contributed by atoms with Crippen LogP contribution in [0.3, 0.4) is 0 Å². The van der Waals surface area contributed by atoms with E-state index in [4.69, 9.17) is 4.99 Å². The van der Waals surface area contributed by atoms with Crippen LogP contribution in [0.2, 0.25) is 0 Å². The van der Waals surface area contributed by atoms with Crippen molar-refractivity contribution in [3.05, 3.63) is 30.3 Å². The van der Waals surface area contributed by atoms with Crippen molar-refractivity contribution in [2.45, 2.75) is 44.4 Å². The summed E-state index contributed by atoms with van der Waals surface area (Å²) in [6.45, 7) is 9.35. The van der Waals surface area contributed by atoms with Gasteiger partial charge in [-0.3, -0.25) is 4.99 Å². The average molecular weight is 535 g/mol. The highest BCUT2D eigenvalue weighted by Gasteiger charge is 2.29. The second-order valence-electron chi connectivity index (χ2n) is 8.05. The molecule has 29 heavy (non-hydrogen) atoms. The fourth-order valence-electron chi connectivity index (χ4n) is 4.10. The first-order valence-corrected chi connectivity index (χ1v) is 12.0. The van der Waals surface area contributed by atoms with Gasteiger partial charge in [-0.2, -0.15) is 4.31 Å². The van der Waals surface area contributed by atoms with E-state index >= 15 is 0 Å². The van der Waals surface area contributed by atoms with Gasteiger partial charge in [-0.25, -0.2) is 8.42 Å². The minimum Gasteiger partial charge on any atom is -0.357 e. The zero-order valence-corrected chi connectivity index (χ0v) is 20.7. The SMILES string of the molecule is CCNC(=NCC1CCN(S(=O)(=O)c2ccccc2)CC1)N1CCCC(C)C1.I. The molecule has 0 amide bonds. The molecule has 3 rings (SSSR count). The number of guanidine groups is 1. The van der Waals surface area contributed by atoms with Gasteiger partial charge in [-0.1, -0.05) is 25.1 Å². The number of hydrogen-bond acceptors (Lipinski definition) is 3. The van der Waals surface area contributed by atoms with E-state index in [0.717, 1.165) is 45.0 Å². The standard InChI is InChI=1S/C21H34N4O2S.HI/c1-3-22-21(24-13-7-8-18(2)17-24)23-16-19-11-14-25(15-12-19)28(26,27)20-9-5-4-6-10-20;/h4-6,9-10,18-19H,3,7-8,11-17H2,1-2H3,(H,22,23);1H. The smallest absolute Gasteiger partial charge is 0.243 e.